The maximum absolute atomic E-state index is 4.61. The number of nitrogens with zero attached hydrogens (tertiary/aromatic N) is 1. The topological polar surface area (TPSA) is 12.4 Å². The molecule has 1 nitrogen and oxygen atoms in total. The van der Waals surface area contributed by atoms with Gasteiger partial charge in [-0.1, -0.05) is 45.8 Å². The molecule has 0 saturated carbocycles. The Balaban J connectivity index is 2.30. The van der Waals surface area contributed by atoms with Gasteiger partial charge in [-0.15, -0.1) is 0 Å². The van der Waals surface area contributed by atoms with Gasteiger partial charge >= 0.3 is 0 Å². The fourth-order valence-electron chi connectivity index (χ4n) is 1.59. The molecule has 0 fully saturated rings. The van der Waals surface area contributed by atoms with Gasteiger partial charge in [-0.05, 0) is 43.7 Å². The van der Waals surface area contributed by atoms with Crippen LogP contribution < -0.4 is 0 Å². The van der Waals surface area contributed by atoms with Crippen LogP contribution >= 0.6 is 15.9 Å². The molecule has 0 aliphatic heterocycles. The first-order valence-corrected chi connectivity index (χ1v) is 6.32. The standard InChI is InChI=1S/C15H14BrN/c1-11-6-8-15(9-7-11)17-12(2)13-4-3-5-14(16)10-13/h3-10H,1-2H3/b17-12+. The molecule has 0 heterocycles. The summed E-state index contributed by atoms with van der Waals surface area (Å²) in [5.41, 5.74) is 4.41. The Kier molecular flexibility index (Phi) is 3.75. The molecule has 2 heteroatoms. The van der Waals surface area contributed by atoms with Crippen LogP contribution in [0.25, 0.3) is 0 Å². The van der Waals surface area contributed by atoms with Crippen LogP contribution in [0.1, 0.15) is 18.1 Å². The van der Waals surface area contributed by atoms with Gasteiger partial charge in [0.15, 0.2) is 0 Å². The van der Waals surface area contributed by atoms with Gasteiger partial charge < -0.3 is 0 Å². The predicted octanol–water partition coefficient (Wildman–Crippen LogP) is 4.90. The number of benzene rings is 2. The lowest BCUT2D eigenvalue weighted by Gasteiger charge is -2.02. The molecule has 0 amide bonds. The van der Waals surface area contributed by atoms with Crippen LogP contribution in [0.2, 0.25) is 0 Å². The maximum atomic E-state index is 4.61. The van der Waals surface area contributed by atoms with Crippen molar-refractivity contribution in [1.29, 1.82) is 0 Å². The smallest absolute Gasteiger partial charge is 0.0633 e. The highest BCUT2D eigenvalue weighted by molar-refractivity contribution is 9.10. The van der Waals surface area contributed by atoms with Gasteiger partial charge in [-0.3, -0.25) is 4.99 Å². The molecular weight excluding hydrogens is 274 g/mol. The first-order valence-electron chi connectivity index (χ1n) is 5.53. The van der Waals surface area contributed by atoms with Gasteiger partial charge in [0.05, 0.1) is 5.69 Å². The zero-order valence-corrected chi connectivity index (χ0v) is 11.5. The van der Waals surface area contributed by atoms with Gasteiger partial charge in [0, 0.05) is 10.2 Å². The Labute approximate surface area is 110 Å². The molecule has 0 aromatic heterocycles. The quantitative estimate of drug-likeness (QED) is 0.697. The van der Waals surface area contributed by atoms with Crippen molar-refractivity contribution in [3.8, 4) is 0 Å². The zero-order chi connectivity index (χ0) is 12.3. The molecule has 0 spiro atoms. The molecule has 86 valence electrons. The SMILES string of the molecule is C/C(=N\c1ccc(C)cc1)c1cccc(Br)c1. The molecule has 0 bridgehead atoms. The second-order valence-corrected chi connectivity index (χ2v) is 4.96. The summed E-state index contributed by atoms with van der Waals surface area (Å²) >= 11 is 3.47. The van der Waals surface area contributed by atoms with Crippen LogP contribution in [0.5, 0.6) is 0 Å². The van der Waals surface area contributed by atoms with Crippen LogP contribution in [0, 0.1) is 6.92 Å². The molecule has 2 aromatic rings. The average molecular weight is 288 g/mol. The summed E-state index contributed by atoms with van der Waals surface area (Å²) in [7, 11) is 0. The van der Waals surface area contributed by atoms with Crippen molar-refractivity contribution < 1.29 is 0 Å². The van der Waals surface area contributed by atoms with Crippen LogP contribution in [0.4, 0.5) is 5.69 Å². The van der Waals surface area contributed by atoms with Crippen LogP contribution in [-0.4, -0.2) is 5.71 Å². The molecule has 17 heavy (non-hydrogen) atoms. The van der Waals surface area contributed by atoms with E-state index in [4.69, 9.17) is 0 Å². The second-order valence-electron chi connectivity index (χ2n) is 4.04. The summed E-state index contributed by atoms with van der Waals surface area (Å²) in [5.74, 6) is 0. The fourth-order valence-corrected chi connectivity index (χ4v) is 1.99. The third kappa shape index (κ3) is 3.27. The summed E-state index contributed by atoms with van der Waals surface area (Å²) in [6, 6.07) is 16.4. The Morgan fingerprint density at radius 3 is 2.41 bits per heavy atom. The van der Waals surface area contributed by atoms with Crippen molar-refractivity contribution in [2.45, 2.75) is 13.8 Å². The summed E-state index contributed by atoms with van der Waals surface area (Å²) < 4.78 is 1.08. The number of rotatable bonds is 2. The summed E-state index contributed by atoms with van der Waals surface area (Å²) in [4.78, 5) is 4.61. The van der Waals surface area contributed by atoms with Crippen molar-refractivity contribution in [3.05, 3.63) is 64.1 Å². The van der Waals surface area contributed by atoms with E-state index >= 15 is 0 Å². The molecule has 0 aliphatic carbocycles. The summed E-state index contributed by atoms with van der Waals surface area (Å²) in [6.07, 6.45) is 0. The second kappa shape index (κ2) is 5.28. The number of aryl methyl sites for hydroxylation is 1. The van der Waals surface area contributed by atoms with E-state index in [0.717, 1.165) is 21.4 Å². The van der Waals surface area contributed by atoms with E-state index in [2.05, 4.69) is 52.1 Å². The van der Waals surface area contributed by atoms with Gasteiger partial charge in [0.25, 0.3) is 0 Å². The van der Waals surface area contributed by atoms with Crippen molar-refractivity contribution in [2.75, 3.05) is 0 Å². The molecule has 0 saturated heterocycles. The number of halogens is 1. The van der Waals surface area contributed by atoms with E-state index in [-0.39, 0.29) is 0 Å². The van der Waals surface area contributed by atoms with E-state index in [1.165, 1.54) is 5.56 Å². The Morgan fingerprint density at radius 2 is 1.76 bits per heavy atom. The van der Waals surface area contributed by atoms with E-state index in [9.17, 15) is 0 Å². The van der Waals surface area contributed by atoms with Gasteiger partial charge in [-0.25, -0.2) is 0 Å². The molecule has 2 aromatic carbocycles. The Hall–Kier alpha value is -1.41. The largest absolute Gasteiger partial charge is 0.253 e. The third-order valence-electron chi connectivity index (χ3n) is 2.57. The Bertz CT molecular complexity index is 541. The molecule has 0 atom stereocenters. The number of aliphatic imine (C=N–C) groups is 1. The minimum atomic E-state index is 0.994. The number of hydrogen-bond acceptors (Lipinski definition) is 1. The van der Waals surface area contributed by atoms with E-state index in [1.807, 2.05) is 31.2 Å². The van der Waals surface area contributed by atoms with Crippen molar-refractivity contribution >= 4 is 27.3 Å². The minimum absolute atomic E-state index is 0.994. The first kappa shape index (κ1) is 12.1. The summed E-state index contributed by atoms with van der Waals surface area (Å²) in [5, 5.41) is 0. The fraction of sp³-hybridized carbons (Fsp3) is 0.133. The lowest BCUT2D eigenvalue weighted by Crippen LogP contribution is -1.93. The average Bonchev–Trinajstić information content (AvgIpc) is 2.32. The van der Waals surface area contributed by atoms with Crippen LogP contribution in [-0.2, 0) is 0 Å². The van der Waals surface area contributed by atoms with Crippen molar-refractivity contribution in [1.82, 2.24) is 0 Å². The molecular formula is C15H14BrN. The molecule has 0 unspecified atom stereocenters. The summed E-state index contributed by atoms with van der Waals surface area (Å²) in [6.45, 7) is 4.11. The third-order valence-corrected chi connectivity index (χ3v) is 3.07. The highest BCUT2D eigenvalue weighted by Gasteiger charge is 1.98. The molecule has 2 rings (SSSR count). The van der Waals surface area contributed by atoms with Gasteiger partial charge in [-0.2, -0.15) is 0 Å². The highest BCUT2D eigenvalue weighted by Crippen LogP contribution is 2.17. The molecule has 0 aliphatic rings. The molecule has 0 radical (unpaired) electrons. The molecule has 0 N–H and O–H groups in total. The van der Waals surface area contributed by atoms with E-state index in [0.29, 0.717) is 0 Å². The van der Waals surface area contributed by atoms with Crippen molar-refractivity contribution in [3.63, 3.8) is 0 Å². The van der Waals surface area contributed by atoms with E-state index in [1.54, 1.807) is 0 Å². The number of hydrogen-bond donors (Lipinski definition) is 0. The lowest BCUT2D eigenvalue weighted by atomic mass is 10.1. The first-order chi connectivity index (χ1) is 8.15. The monoisotopic (exact) mass is 287 g/mol. The minimum Gasteiger partial charge on any atom is -0.253 e. The highest BCUT2D eigenvalue weighted by atomic mass is 79.9. The predicted molar refractivity (Wildman–Crippen MR) is 77.2 cm³/mol. The zero-order valence-electron chi connectivity index (χ0n) is 9.94. The maximum Gasteiger partial charge on any atom is 0.0633 e. The van der Waals surface area contributed by atoms with Gasteiger partial charge in [0.1, 0.15) is 0 Å². The van der Waals surface area contributed by atoms with E-state index < -0.39 is 0 Å². The lowest BCUT2D eigenvalue weighted by molar-refractivity contribution is 1.42. The van der Waals surface area contributed by atoms with Gasteiger partial charge in [0.2, 0.25) is 0 Å². The van der Waals surface area contributed by atoms with Crippen LogP contribution in [0.3, 0.4) is 0 Å². The Morgan fingerprint density at radius 1 is 1.06 bits per heavy atom. The van der Waals surface area contributed by atoms with Crippen molar-refractivity contribution in [2.24, 2.45) is 4.99 Å². The van der Waals surface area contributed by atoms with Crippen LogP contribution in [0.15, 0.2) is 58.0 Å². The normalized spacial score (nSPS) is 11.6.